The molecule has 47 heavy (non-hydrogen) atoms. The van der Waals surface area contributed by atoms with Crippen molar-refractivity contribution in [3.05, 3.63) is 53.2 Å². The van der Waals surface area contributed by atoms with Crippen molar-refractivity contribution in [3.8, 4) is 11.6 Å². The lowest BCUT2D eigenvalue weighted by Gasteiger charge is -2.36. The van der Waals surface area contributed by atoms with E-state index in [0.717, 1.165) is 17.9 Å². The maximum absolute atomic E-state index is 13.9. The first-order chi connectivity index (χ1) is 22.2. The van der Waals surface area contributed by atoms with Gasteiger partial charge in [0.2, 0.25) is 15.9 Å². The number of rotatable bonds is 7. The molecule has 1 amide bonds. The molecule has 3 unspecified atom stereocenters. The smallest absolute Gasteiger partial charge is 0.418 e. The number of ether oxygens (including phenoxy) is 4. The summed E-state index contributed by atoms with van der Waals surface area (Å²) in [6, 6.07) is 7.62. The zero-order valence-corrected chi connectivity index (χ0v) is 27.9. The summed E-state index contributed by atoms with van der Waals surface area (Å²) in [6.07, 6.45) is -2.15. The summed E-state index contributed by atoms with van der Waals surface area (Å²) in [6.45, 7) is 0.259. The van der Waals surface area contributed by atoms with Crippen LogP contribution < -0.4 is 9.47 Å². The van der Waals surface area contributed by atoms with Crippen LogP contribution in [0.1, 0.15) is 54.8 Å². The minimum atomic E-state index is -4.56. The average molecular weight is 685 g/mol. The highest BCUT2D eigenvalue weighted by molar-refractivity contribution is 7.88. The van der Waals surface area contributed by atoms with Gasteiger partial charge in [-0.05, 0) is 70.0 Å². The van der Waals surface area contributed by atoms with Gasteiger partial charge in [-0.3, -0.25) is 4.90 Å². The van der Waals surface area contributed by atoms with E-state index in [0.29, 0.717) is 44.4 Å². The Hall–Kier alpha value is -3.14. The van der Waals surface area contributed by atoms with Crippen molar-refractivity contribution in [2.24, 2.45) is 0 Å². The number of methoxy groups -OCH3 is 1. The second kappa shape index (κ2) is 14.5. The fourth-order valence-corrected chi connectivity index (χ4v) is 8.04. The molecule has 4 aliphatic rings. The highest BCUT2D eigenvalue weighted by atomic mass is 32.2. The van der Waals surface area contributed by atoms with E-state index in [1.54, 1.807) is 36.3 Å². The lowest BCUT2D eigenvalue weighted by Crippen LogP contribution is -2.53. The van der Waals surface area contributed by atoms with Crippen LogP contribution in [0.3, 0.4) is 0 Å². The van der Waals surface area contributed by atoms with Gasteiger partial charge in [0.1, 0.15) is 19.0 Å². The standard InChI is InChI=1S/C32H43F3N4O7S/c1-37(2)19-23-17-27(38(47(4,41)42)18-21-5-9-24(43-3)10-6-21)28-20-46-25-11-7-22(8-12-25)30-26(32(33,34)35)13-14-29(36-30)44-15-16-45-31(40)39(23)28/h5-6,9-10,13-14,22-23,25,27-28H,7-8,11-12,15-20H2,1-4H3. The molecule has 260 valence electrons. The van der Waals surface area contributed by atoms with Crippen molar-refractivity contribution in [1.29, 1.82) is 0 Å². The summed E-state index contributed by atoms with van der Waals surface area (Å²) in [7, 11) is 1.54. The van der Waals surface area contributed by atoms with Crippen LogP contribution in [0.2, 0.25) is 0 Å². The maximum atomic E-state index is 13.9. The molecule has 0 spiro atoms. The number of fused-ring (bicyclic) bond motifs is 7. The van der Waals surface area contributed by atoms with Crippen molar-refractivity contribution in [2.45, 2.75) is 75.0 Å². The van der Waals surface area contributed by atoms with Crippen LogP contribution in [0.5, 0.6) is 11.6 Å². The molecule has 11 nitrogen and oxygen atoms in total. The molecular weight excluding hydrogens is 641 g/mol. The van der Waals surface area contributed by atoms with E-state index in [1.807, 2.05) is 19.0 Å². The van der Waals surface area contributed by atoms with Crippen LogP contribution in [0.15, 0.2) is 36.4 Å². The molecule has 0 radical (unpaired) electrons. The lowest BCUT2D eigenvalue weighted by atomic mass is 9.83. The third-order valence-corrected chi connectivity index (χ3v) is 10.4. The molecule has 0 N–H and O–H groups in total. The molecule has 2 aromatic rings. The zero-order valence-electron chi connectivity index (χ0n) is 27.1. The van der Waals surface area contributed by atoms with Crippen LogP contribution in [0.25, 0.3) is 0 Å². The number of aromatic nitrogens is 1. The lowest BCUT2D eigenvalue weighted by molar-refractivity contribution is -0.138. The van der Waals surface area contributed by atoms with E-state index in [4.69, 9.17) is 18.9 Å². The monoisotopic (exact) mass is 684 g/mol. The van der Waals surface area contributed by atoms with Gasteiger partial charge in [0.15, 0.2) is 0 Å². The topological polar surface area (TPSA) is 111 Å². The van der Waals surface area contributed by atoms with Gasteiger partial charge in [-0.15, -0.1) is 0 Å². The molecule has 15 heteroatoms. The van der Waals surface area contributed by atoms with Crippen molar-refractivity contribution in [1.82, 2.24) is 19.1 Å². The molecule has 4 bridgehead atoms. The number of pyridine rings is 1. The first-order valence-corrected chi connectivity index (χ1v) is 17.6. The minimum Gasteiger partial charge on any atom is -0.497 e. The number of alkyl halides is 3. The van der Waals surface area contributed by atoms with E-state index in [9.17, 15) is 26.4 Å². The highest BCUT2D eigenvalue weighted by Crippen LogP contribution is 2.42. The Morgan fingerprint density at radius 2 is 1.70 bits per heavy atom. The number of carbonyl (C=O) groups excluding carboxylic acids is 1. The molecule has 1 aromatic heterocycles. The molecule has 3 aliphatic heterocycles. The predicted molar refractivity (Wildman–Crippen MR) is 167 cm³/mol. The highest BCUT2D eigenvalue weighted by Gasteiger charge is 2.49. The zero-order chi connectivity index (χ0) is 33.9. The van der Waals surface area contributed by atoms with E-state index < -0.39 is 45.9 Å². The van der Waals surface area contributed by atoms with Gasteiger partial charge < -0.3 is 23.8 Å². The van der Waals surface area contributed by atoms with Crippen LogP contribution >= 0.6 is 0 Å². The van der Waals surface area contributed by atoms with Crippen LogP contribution in [-0.2, 0) is 32.2 Å². The quantitative estimate of drug-likeness (QED) is 0.416. The Labute approximate surface area is 274 Å². The van der Waals surface area contributed by atoms with Crippen LogP contribution in [-0.4, -0.2) is 112 Å². The normalized spacial score (nSPS) is 25.9. The summed E-state index contributed by atoms with van der Waals surface area (Å²) in [4.78, 5) is 21.6. The van der Waals surface area contributed by atoms with Gasteiger partial charge in [0.05, 0.1) is 43.4 Å². The second-order valence-electron chi connectivity index (χ2n) is 12.7. The number of likely N-dealkylation sites (N-methyl/N-ethyl adjacent to an activating group) is 1. The van der Waals surface area contributed by atoms with Crippen LogP contribution in [0.4, 0.5) is 18.0 Å². The van der Waals surface area contributed by atoms with Crippen molar-refractivity contribution in [2.75, 3.05) is 53.8 Å². The largest absolute Gasteiger partial charge is 0.497 e. The maximum Gasteiger partial charge on any atom is 0.418 e. The summed E-state index contributed by atoms with van der Waals surface area (Å²) >= 11 is 0. The number of halogens is 3. The van der Waals surface area contributed by atoms with Gasteiger partial charge in [0, 0.05) is 37.2 Å². The van der Waals surface area contributed by atoms with Crippen molar-refractivity contribution in [3.63, 3.8) is 0 Å². The molecule has 3 atom stereocenters. The average Bonchev–Trinajstić information content (AvgIpc) is 3.36. The van der Waals surface area contributed by atoms with E-state index in [-0.39, 0.29) is 50.1 Å². The third-order valence-electron chi connectivity index (χ3n) is 9.12. The third kappa shape index (κ3) is 8.48. The van der Waals surface area contributed by atoms with E-state index in [1.165, 1.54) is 10.4 Å². The first kappa shape index (κ1) is 35.2. The Bertz CT molecular complexity index is 1480. The molecule has 6 rings (SSSR count). The fourth-order valence-electron chi connectivity index (χ4n) is 6.94. The van der Waals surface area contributed by atoms with Gasteiger partial charge >= 0.3 is 12.3 Å². The molecule has 1 saturated heterocycles. The SMILES string of the molecule is COc1ccc(CN(C2CC(CN(C)C)N3C(=O)OCCOc4ccc(C(F)(F)F)c(n4)C4CCC(CC4)OCC23)S(C)(=O)=O)cc1. The van der Waals surface area contributed by atoms with Gasteiger partial charge in [-0.1, -0.05) is 12.1 Å². The molecule has 4 heterocycles. The fraction of sp³-hybridized carbons (Fsp3) is 0.625. The number of amides is 1. The van der Waals surface area contributed by atoms with Crippen molar-refractivity contribution >= 4 is 16.1 Å². The molecule has 1 aliphatic carbocycles. The Balaban J connectivity index is 1.46. The van der Waals surface area contributed by atoms with Gasteiger partial charge in [-0.2, -0.15) is 17.5 Å². The number of hydrogen-bond acceptors (Lipinski definition) is 9. The predicted octanol–water partition coefficient (Wildman–Crippen LogP) is 4.52. The van der Waals surface area contributed by atoms with Gasteiger partial charge in [-0.25, -0.2) is 18.2 Å². The molecule has 1 saturated carbocycles. The van der Waals surface area contributed by atoms with Gasteiger partial charge in [0.25, 0.3) is 0 Å². The Morgan fingerprint density at radius 3 is 2.32 bits per heavy atom. The first-order valence-electron chi connectivity index (χ1n) is 15.8. The molecule has 2 fully saturated rings. The van der Waals surface area contributed by atoms with E-state index >= 15 is 0 Å². The number of hydrogen-bond donors (Lipinski definition) is 0. The number of nitrogens with zero attached hydrogens (tertiary/aromatic N) is 4. The summed E-state index contributed by atoms with van der Waals surface area (Å²) in [5.74, 6) is 0.246. The van der Waals surface area contributed by atoms with E-state index in [2.05, 4.69) is 4.98 Å². The molecular formula is C32H43F3N4O7S. The molecule has 1 aromatic carbocycles. The summed E-state index contributed by atoms with van der Waals surface area (Å²) in [5, 5.41) is 0. The second-order valence-corrected chi connectivity index (χ2v) is 14.6. The minimum absolute atomic E-state index is 0.0291. The Morgan fingerprint density at radius 1 is 1.02 bits per heavy atom. The summed E-state index contributed by atoms with van der Waals surface area (Å²) < 4.78 is 92.8. The summed E-state index contributed by atoms with van der Waals surface area (Å²) in [5.41, 5.74) is -0.0784. The number of carbonyl (C=O) groups is 1. The van der Waals surface area contributed by atoms with Crippen molar-refractivity contribution < 1.29 is 45.3 Å². The van der Waals surface area contributed by atoms with Crippen LogP contribution in [0, 0.1) is 0 Å². The Kier molecular flexibility index (Phi) is 10.9. The number of benzene rings is 1. The number of sulfonamides is 1.